The van der Waals surface area contributed by atoms with Crippen LogP contribution in [0.2, 0.25) is 0 Å². The molecule has 3 nitrogen and oxygen atoms in total. The van der Waals surface area contributed by atoms with E-state index >= 15 is 0 Å². The Bertz CT molecular complexity index is 669. The minimum atomic E-state index is -0.00677. The number of nitrogens with zero attached hydrogens (tertiary/aromatic N) is 1. The molecule has 1 fully saturated rings. The average Bonchev–Trinajstić information content (AvgIpc) is 2.67. The van der Waals surface area contributed by atoms with Crippen molar-refractivity contribution < 1.29 is 9.47 Å². The molecule has 0 spiro atoms. The zero-order chi connectivity index (χ0) is 17.1. The molecule has 1 saturated heterocycles. The molecule has 2 aromatic rings. The molecule has 2 aromatic carbocycles. The number of fused-ring (bicyclic) bond motifs is 2. The first-order valence-electron chi connectivity index (χ1n) is 9.18. The number of rotatable bonds is 5. The van der Waals surface area contributed by atoms with Crippen molar-refractivity contribution in [3.63, 3.8) is 0 Å². The average molecular weight is 356 g/mol. The second-order valence-corrected chi connectivity index (χ2v) is 7.97. The summed E-state index contributed by atoms with van der Waals surface area (Å²) in [7, 11) is 0. The lowest BCUT2D eigenvalue weighted by atomic mass is 10.1. The first-order valence-corrected chi connectivity index (χ1v) is 9.99. The van der Waals surface area contributed by atoms with Crippen molar-refractivity contribution in [2.24, 2.45) is 5.92 Å². The first-order chi connectivity index (χ1) is 12.3. The third-order valence-electron chi connectivity index (χ3n) is 4.73. The van der Waals surface area contributed by atoms with Crippen LogP contribution in [0.5, 0.6) is 0 Å². The minimum Gasteiger partial charge on any atom is -0.353 e. The van der Waals surface area contributed by atoms with E-state index in [1.54, 1.807) is 0 Å². The standard InChI is InChI=1S/C21H25NO2S/c1-16(15-24-21-12-6-7-13-23-21)14-22-17-8-2-4-10-19(17)25-20-11-5-3-9-18(20)22/h2-5,8-11,16,21H,6-7,12-15H2,1H3/t16?,21-/m1/s1. The molecule has 0 N–H and O–H groups in total. The van der Waals surface area contributed by atoms with Gasteiger partial charge in [0.1, 0.15) is 0 Å². The fraction of sp³-hybridized carbons (Fsp3) is 0.429. The van der Waals surface area contributed by atoms with Gasteiger partial charge < -0.3 is 14.4 Å². The van der Waals surface area contributed by atoms with Crippen molar-refractivity contribution in [1.29, 1.82) is 0 Å². The van der Waals surface area contributed by atoms with E-state index in [1.165, 1.54) is 27.6 Å². The van der Waals surface area contributed by atoms with Crippen LogP contribution >= 0.6 is 11.8 Å². The second-order valence-electron chi connectivity index (χ2n) is 6.88. The number of hydrogen-bond acceptors (Lipinski definition) is 4. The summed E-state index contributed by atoms with van der Waals surface area (Å²) in [4.78, 5) is 5.09. The topological polar surface area (TPSA) is 21.7 Å². The van der Waals surface area contributed by atoms with E-state index in [2.05, 4.69) is 60.4 Å². The number of hydrogen-bond donors (Lipinski definition) is 0. The van der Waals surface area contributed by atoms with Crippen molar-refractivity contribution in [1.82, 2.24) is 0 Å². The molecular formula is C21H25NO2S. The molecular weight excluding hydrogens is 330 g/mol. The molecule has 0 saturated carbocycles. The molecule has 132 valence electrons. The van der Waals surface area contributed by atoms with Crippen LogP contribution in [-0.2, 0) is 9.47 Å². The van der Waals surface area contributed by atoms with Gasteiger partial charge >= 0.3 is 0 Å². The van der Waals surface area contributed by atoms with E-state index in [4.69, 9.17) is 9.47 Å². The number of para-hydroxylation sites is 2. The Morgan fingerprint density at radius 3 is 2.40 bits per heavy atom. The van der Waals surface area contributed by atoms with Crippen LogP contribution in [0.15, 0.2) is 58.3 Å². The lowest BCUT2D eigenvalue weighted by Crippen LogP contribution is -2.30. The Hall–Kier alpha value is -1.49. The maximum atomic E-state index is 6.01. The van der Waals surface area contributed by atoms with E-state index in [9.17, 15) is 0 Å². The molecule has 0 amide bonds. The molecule has 0 aliphatic carbocycles. The summed E-state index contributed by atoms with van der Waals surface area (Å²) in [6.45, 7) is 4.78. The van der Waals surface area contributed by atoms with Crippen LogP contribution < -0.4 is 4.90 Å². The summed E-state index contributed by atoms with van der Waals surface area (Å²) in [5.74, 6) is 0.426. The maximum Gasteiger partial charge on any atom is 0.157 e. The quantitative estimate of drug-likeness (QED) is 0.709. The summed E-state index contributed by atoms with van der Waals surface area (Å²) in [5.41, 5.74) is 2.60. The zero-order valence-electron chi connectivity index (χ0n) is 14.7. The Morgan fingerprint density at radius 1 is 1.08 bits per heavy atom. The van der Waals surface area contributed by atoms with Gasteiger partial charge in [-0.25, -0.2) is 0 Å². The van der Waals surface area contributed by atoms with Crippen LogP contribution in [-0.4, -0.2) is 26.0 Å². The predicted octanol–water partition coefficient (Wildman–Crippen LogP) is 5.47. The van der Waals surface area contributed by atoms with Crippen molar-refractivity contribution in [3.8, 4) is 0 Å². The number of anilines is 2. The van der Waals surface area contributed by atoms with Crippen molar-refractivity contribution in [2.45, 2.75) is 42.3 Å². The molecule has 0 radical (unpaired) electrons. The zero-order valence-corrected chi connectivity index (χ0v) is 15.5. The molecule has 4 rings (SSSR count). The molecule has 0 aromatic heterocycles. The molecule has 4 heteroatoms. The molecule has 25 heavy (non-hydrogen) atoms. The van der Waals surface area contributed by atoms with Gasteiger partial charge in [-0.15, -0.1) is 0 Å². The maximum absolute atomic E-state index is 6.01. The Kier molecular flexibility index (Phi) is 5.30. The van der Waals surface area contributed by atoms with E-state index in [0.29, 0.717) is 5.92 Å². The third-order valence-corrected chi connectivity index (χ3v) is 5.86. The molecule has 0 bridgehead atoms. The third kappa shape index (κ3) is 3.86. The van der Waals surface area contributed by atoms with Crippen LogP contribution in [0.4, 0.5) is 11.4 Å². The SMILES string of the molecule is CC(CO[C@@H]1CCCCO1)CN1c2ccccc2Sc2ccccc21. The van der Waals surface area contributed by atoms with Gasteiger partial charge in [0.2, 0.25) is 0 Å². The van der Waals surface area contributed by atoms with E-state index in [1.807, 2.05) is 11.8 Å². The Morgan fingerprint density at radius 2 is 1.76 bits per heavy atom. The van der Waals surface area contributed by atoms with E-state index < -0.39 is 0 Å². The lowest BCUT2D eigenvalue weighted by molar-refractivity contribution is -0.167. The van der Waals surface area contributed by atoms with Gasteiger partial charge in [-0.05, 0) is 49.4 Å². The Labute approximate surface area is 154 Å². The highest BCUT2D eigenvalue weighted by Gasteiger charge is 2.24. The molecule has 2 aliphatic rings. The number of benzene rings is 2. The van der Waals surface area contributed by atoms with Crippen molar-refractivity contribution in [2.75, 3.05) is 24.7 Å². The van der Waals surface area contributed by atoms with E-state index in [-0.39, 0.29) is 6.29 Å². The van der Waals surface area contributed by atoms with Gasteiger partial charge in [0, 0.05) is 22.9 Å². The highest BCUT2D eigenvalue weighted by molar-refractivity contribution is 7.99. The second kappa shape index (κ2) is 7.81. The summed E-state index contributed by atoms with van der Waals surface area (Å²) < 4.78 is 11.7. The molecule has 2 atom stereocenters. The highest BCUT2D eigenvalue weighted by atomic mass is 32.2. The van der Waals surface area contributed by atoms with Gasteiger partial charge in [-0.3, -0.25) is 0 Å². The molecule has 1 unspecified atom stereocenters. The number of ether oxygens (including phenoxy) is 2. The summed E-state index contributed by atoms with van der Waals surface area (Å²) in [6.07, 6.45) is 3.39. The smallest absolute Gasteiger partial charge is 0.157 e. The fourth-order valence-corrected chi connectivity index (χ4v) is 4.55. The summed E-state index contributed by atoms with van der Waals surface area (Å²) in [5, 5.41) is 0. The molecule has 2 aliphatic heterocycles. The lowest BCUT2D eigenvalue weighted by Gasteiger charge is -2.35. The van der Waals surface area contributed by atoms with Crippen LogP contribution in [0.1, 0.15) is 26.2 Å². The van der Waals surface area contributed by atoms with Gasteiger partial charge in [0.25, 0.3) is 0 Å². The summed E-state index contributed by atoms with van der Waals surface area (Å²) in [6, 6.07) is 17.3. The van der Waals surface area contributed by atoms with E-state index in [0.717, 1.165) is 32.6 Å². The van der Waals surface area contributed by atoms with Gasteiger partial charge in [0.05, 0.1) is 18.0 Å². The predicted molar refractivity (Wildman–Crippen MR) is 103 cm³/mol. The van der Waals surface area contributed by atoms with Crippen LogP contribution in [0, 0.1) is 5.92 Å². The van der Waals surface area contributed by atoms with Gasteiger partial charge in [-0.2, -0.15) is 0 Å². The fourth-order valence-electron chi connectivity index (χ4n) is 3.46. The highest BCUT2D eigenvalue weighted by Crippen LogP contribution is 2.47. The Balaban J connectivity index is 1.47. The van der Waals surface area contributed by atoms with Crippen LogP contribution in [0.3, 0.4) is 0 Å². The largest absolute Gasteiger partial charge is 0.353 e. The minimum absolute atomic E-state index is 0.00677. The van der Waals surface area contributed by atoms with Gasteiger partial charge in [-0.1, -0.05) is 43.0 Å². The van der Waals surface area contributed by atoms with Crippen LogP contribution in [0.25, 0.3) is 0 Å². The first kappa shape index (κ1) is 17.0. The normalized spacial score (nSPS) is 20.7. The van der Waals surface area contributed by atoms with Crippen molar-refractivity contribution in [3.05, 3.63) is 48.5 Å². The molecule has 2 heterocycles. The van der Waals surface area contributed by atoms with Crippen molar-refractivity contribution >= 4 is 23.1 Å². The summed E-state index contributed by atoms with van der Waals surface area (Å²) >= 11 is 1.86. The van der Waals surface area contributed by atoms with Gasteiger partial charge in [0.15, 0.2) is 6.29 Å². The monoisotopic (exact) mass is 355 g/mol.